The highest BCUT2D eigenvalue weighted by molar-refractivity contribution is 5.65. The quantitative estimate of drug-likeness (QED) is 0.849. The van der Waals surface area contributed by atoms with E-state index >= 15 is 0 Å². The molecule has 0 unspecified atom stereocenters. The molecule has 6 nitrogen and oxygen atoms in total. The van der Waals surface area contributed by atoms with Crippen LogP contribution in [0.15, 0.2) is 18.2 Å². The van der Waals surface area contributed by atoms with E-state index < -0.39 is 11.9 Å². The topological polar surface area (TPSA) is 76.8 Å². The zero-order valence-electron chi connectivity index (χ0n) is 11.9. The molecule has 3 rings (SSSR count). The van der Waals surface area contributed by atoms with Gasteiger partial charge in [-0.15, -0.1) is 0 Å². The lowest BCUT2D eigenvalue weighted by Crippen LogP contribution is -2.59. The second-order valence-electron chi connectivity index (χ2n) is 5.55. The van der Waals surface area contributed by atoms with E-state index in [0.29, 0.717) is 38.3 Å². The van der Waals surface area contributed by atoms with Crippen molar-refractivity contribution in [2.24, 2.45) is 0 Å². The summed E-state index contributed by atoms with van der Waals surface area (Å²) >= 11 is 0. The number of fused-ring (bicyclic) bond motifs is 1. The number of hydrogen-bond acceptors (Lipinski definition) is 4. The van der Waals surface area contributed by atoms with E-state index in [4.69, 9.17) is 15.1 Å². The molecule has 1 aromatic carbocycles. The van der Waals surface area contributed by atoms with Gasteiger partial charge in [-0.2, -0.15) is 5.26 Å². The number of halogens is 1. The molecular formula is C15H16FN3O3. The van der Waals surface area contributed by atoms with E-state index in [2.05, 4.69) is 4.90 Å². The highest BCUT2D eigenvalue weighted by Crippen LogP contribution is 2.27. The number of piperazine rings is 1. The average Bonchev–Trinajstić information content (AvgIpc) is 2.53. The number of morpholine rings is 1. The average molecular weight is 305 g/mol. The van der Waals surface area contributed by atoms with Gasteiger partial charge in [-0.1, -0.05) is 6.07 Å². The SMILES string of the molecule is N#Cc1ccc([C@@H]2CN3CCN(C(=O)O)C[C@@H]3CO2)cc1F. The summed E-state index contributed by atoms with van der Waals surface area (Å²) in [5, 5.41) is 17.8. The molecule has 2 saturated heterocycles. The molecule has 0 aliphatic carbocycles. The third-order valence-corrected chi connectivity index (χ3v) is 4.25. The number of nitrogens with zero attached hydrogens (tertiary/aromatic N) is 3. The summed E-state index contributed by atoms with van der Waals surface area (Å²) < 4.78 is 19.5. The van der Waals surface area contributed by atoms with Crippen LogP contribution in [0.5, 0.6) is 0 Å². The van der Waals surface area contributed by atoms with Gasteiger partial charge in [0.2, 0.25) is 0 Å². The van der Waals surface area contributed by atoms with Crippen LogP contribution in [0.4, 0.5) is 9.18 Å². The Hall–Kier alpha value is -2.17. The van der Waals surface area contributed by atoms with Crippen LogP contribution in [0, 0.1) is 17.1 Å². The Kier molecular flexibility index (Phi) is 3.96. The summed E-state index contributed by atoms with van der Waals surface area (Å²) in [7, 11) is 0. The highest BCUT2D eigenvalue weighted by atomic mass is 19.1. The molecule has 116 valence electrons. The standard InChI is InChI=1S/C15H16FN3O3/c16-13-5-10(1-2-11(13)6-17)14-8-18-3-4-19(15(20)21)7-12(18)9-22-14/h1-2,5,12,14H,3-4,7-9H2,(H,20,21)/t12-,14+/m1/s1. The second kappa shape index (κ2) is 5.91. The van der Waals surface area contributed by atoms with Gasteiger partial charge in [-0.3, -0.25) is 4.90 Å². The van der Waals surface area contributed by atoms with Gasteiger partial charge in [0.25, 0.3) is 0 Å². The van der Waals surface area contributed by atoms with Gasteiger partial charge >= 0.3 is 6.09 Å². The Balaban J connectivity index is 1.69. The van der Waals surface area contributed by atoms with Gasteiger partial charge in [0, 0.05) is 26.2 Å². The molecule has 0 spiro atoms. The van der Waals surface area contributed by atoms with Crippen molar-refractivity contribution in [2.75, 3.05) is 32.8 Å². The van der Waals surface area contributed by atoms with Crippen molar-refractivity contribution in [3.8, 4) is 6.07 Å². The third kappa shape index (κ3) is 2.75. The lowest BCUT2D eigenvalue weighted by Gasteiger charge is -2.45. The largest absolute Gasteiger partial charge is 0.465 e. The molecule has 2 heterocycles. The van der Waals surface area contributed by atoms with E-state index in [1.165, 1.54) is 17.0 Å². The fraction of sp³-hybridized carbons (Fsp3) is 0.467. The van der Waals surface area contributed by atoms with Crippen LogP contribution >= 0.6 is 0 Å². The first-order chi connectivity index (χ1) is 10.6. The van der Waals surface area contributed by atoms with Crippen LogP contribution in [0.3, 0.4) is 0 Å². The van der Waals surface area contributed by atoms with E-state index in [1.807, 2.05) is 0 Å². The van der Waals surface area contributed by atoms with E-state index in [1.54, 1.807) is 12.1 Å². The maximum atomic E-state index is 13.7. The zero-order valence-corrected chi connectivity index (χ0v) is 11.9. The summed E-state index contributed by atoms with van der Waals surface area (Å²) in [6, 6.07) is 6.36. The minimum Gasteiger partial charge on any atom is -0.465 e. The van der Waals surface area contributed by atoms with Crippen molar-refractivity contribution >= 4 is 6.09 Å². The van der Waals surface area contributed by atoms with Gasteiger partial charge in [0.15, 0.2) is 0 Å². The number of carboxylic acid groups (broad SMARTS) is 1. The van der Waals surface area contributed by atoms with Crippen LogP contribution < -0.4 is 0 Å². The first-order valence-electron chi connectivity index (χ1n) is 7.11. The van der Waals surface area contributed by atoms with Crippen LogP contribution in [-0.4, -0.2) is 59.8 Å². The minimum absolute atomic E-state index is 0.0208. The Morgan fingerprint density at radius 2 is 2.23 bits per heavy atom. The molecule has 2 atom stereocenters. The Morgan fingerprint density at radius 3 is 2.91 bits per heavy atom. The maximum Gasteiger partial charge on any atom is 0.407 e. The molecule has 1 N–H and O–H groups in total. The first-order valence-corrected chi connectivity index (χ1v) is 7.11. The number of ether oxygens (including phenoxy) is 1. The number of carbonyl (C=O) groups is 1. The molecular weight excluding hydrogens is 289 g/mol. The maximum absolute atomic E-state index is 13.7. The molecule has 2 aliphatic heterocycles. The summed E-state index contributed by atoms with van der Waals surface area (Å²) in [6.45, 7) is 2.57. The van der Waals surface area contributed by atoms with Gasteiger partial charge in [-0.25, -0.2) is 9.18 Å². The number of rotatable bonds is 1. The van der Waals surface area contributed by atoms with Crippen molar-refractivity contribution in [3.63, 3.8) is 0 Å². The van der Waals surface area contributed by atoms with Crippen LogP contribution in [-0.2, 0) is 4.74 Å². The van der Waals surface area contributed by atoms with Crippen molar-refractivity contribution in [2.45, 2.75) is 12.1 Å². The molecule has 7 heteroatoms. The number of nitriles is 1. The minimum atomic E-state index is -0.907. The van der Waals surface area contributed by atoms with Gasteiger partial charge in [0.1, 0.15) is 11.9 Å². The summed E-state index contributed by atoms with van der Waals surface area (Å²) in [5.74, 6) is -0.540. The second-order valence-corrected chi connectivity index (χ2v) is 5.55. The number of benzene rings is 1. The van der Waals surface area contributed by atoms with Crippen molar-refractivity contribution in [1.82, 2.24) is 9.80 Å². The third-order valence-electron chi connectivity index (χ3n) is 4.25. The van der Waals surface area contributed by atoms with Crippen LogP contribution in [0.1, 0.15) is 17.2 Å². The van der Waals surface area contributed by atoms with Crippen molar-refractivity contribution < 1.29 is 19.0 Å². The number of amides is 1. The molecule has 0 radical (unpaired) electrons. The van der Waals surface area contributed by atoms with Gasteiger partial charge in [0.05, 0.1) is 24.3 Å². The predicted molar refractivity (Wildman–Crippen MR) is 74.8 cm³/mol. The molecule has 0 saturated carbocycles. The van der Waals surface area contributed by atoms with Gasteiger partial charge < -0.3 is 14.7 Å². The monoisotopic (exact) mass is 305 g/mol. The first kappa shape index (κ1) is 14.8. The van der Waals surface area contributed by atoms with E-state index in [9.17, 15) is 9.18 Å². The fourth-order valence-electron chi connectivity index (χ4n) is 2.98. The molecule has 2 fully saturated rings. The molecule has 1 amide bonds. The molecule has 0 bridgehead atoms. The molecule has 22 heavy (non-hydrogen) atoms. The highest BCUT2D eigenvalue weighted by Gasteiger charge is 2.35. The molecule has 2 aliphatic rings. The lowest BCUT2D eigenvalue weighted by molar-refractivity contribution is -0.0867. The fourth-order valence-corrected chi connectivity index (χ4v) is 2.98. The van der Waals surface area contributed by atoms with Crippen molar-refractivity contribution in [3.05, 3.63) is 35.1 Å². The van der Waals surface area contributed by atoms with Crippen molar-refractivity contribution in [1.29, 1.82) is 5.26 Å². The Bertz CT molecular complexity index is 631. The van der Waals surface area contributed by atoms with E-state index in [-0.39, 0.29) is 17.7 Å². The van der Waals surface area contributed by atoms with Crippen LogP contribution in [0.25, 0.3) is 0 Å². The Labute approximate surface area is 127 Å². The molecule has 0 aromatic heterocycles. The lowest BCUT2D eigenvalue weighted by atomic mass is 10.0. The summed E-state index contributed by atoms with van der Waals surface area (Å²) in [6.07, 6.45) is -1.16. The van der Waals surface area contributed by atoms with E-state index in [0.717, 1.165) is 0 Å². The normalized spacial score (nSPS) is 25.4. The summed E-state index contributed by atoms with van der Waals surface area (Å²) in [4.78, 5) is 14.6. The molecule has 1 aromatic rings. The summed E-state index contributed by atoms with van der Waals surface area (Å²) in [5.41, 5.74) is 0.725. The predicted octanol–water partition coefficient (Wildman–Crippen LogP) is 1.43. The van der Waals surface area contributed by atoms with Crippen LogP contribution in [0.2, 0.25) is 0 Å². The zero-order chi connectivity index (χ0) is 15.7. The Morgan fingerprint density at radius 1 is 1.41 bits per heavy atom. The smallest absolute Gasteiger partial charge is 0.407 e. The van der Waals surface area contributed by atoms with Gasteiger partial charge in [-0.05, 0) is 17.7 Å². The number of hydrogen-bond donors (Lipinski definition) is 1.